The number of thiazole rings is 1. The minimum Gasteiger partial charge on any atom is -0.369 e. The fraction of sp³-hybridized carbons (Fsp3) is 0.423. The summed E-state index contributed by atoms with van der Waals surface area (Å²) in [6.45, 7) is 13.9. The minimum absolute atomic E-state index is 0.130. The first-order valence-corrected chi connectivity index (χ1v) is 12.6. The fourth-order valence-corrected chi connectivity index (χ4v) is 4.57. The van der Waals surface area contributed by atoms with Crippen LogP contribution in [0.15, 0.2) is 59.1 Å². The molecule has 0 radical (unpaired) electrons. The minimum atomic E-state index is -0.130. The molecular formula is C26H36N6OS. The molecule has 7 nitrogen and oxygen atoms in total. The van der Waals surface area contributed by atoms with Gasteiger partial charge in [-0.2, -0.15) is 0 Å². The molecule has 0 unspecified atom stereocenters. The van der Waals surface area contributed by atoms with Gasteiger partial charge in [-0.1, -0.05) is 30.9 Å². The molecule has 1 aliphatic rings. The molecule has 1 saturated heterocycles. The number of rotatable bonds is 11. The maximum atomic E-state index is 12.7. The highest BCUT2D eigenvalue weighted by molar-refractivity contribution is 7.09. The SMILES string of the molecule is C=C(/C=C\C)N=C(C)CNCCc1nc(C(=O)NCc2ccccc2N2CCN(C)CC2)cs1. The summed E-state index contributed by atoms with van der Waals surface area (Å²) in [5.74, 6) is -0.130. The summed E-state index contributed by atoms with van der Waals surface area (Å²) in [4.78, 5) is 26.4. The number of nitrogens with zero attached hydrogens (tertiary/aromatic N) is 4. The first-order valence-electron chi connectivity index (χ1n) is 11.8. The Bertz CT molecular complexity index is 1020. The van der Waals surface area contributed by atoms with Gasteiger partial charge in [-0.15, -0.1) is 11.3 Å². The lowest BCUT2D eigenvalue weighted by Gasteiger charge is -2.35. The van der Waals surface area contributed by atoms with Crippen molar-refractivity contribution in [3.63, 3.8) is 0 Å². The molecule has 1 aliphatic heterocycles. The van der Waals surface area contributed by atoms with Crippen molar-refractivity contribution in [2.45, 2.75) is 26.8 Å². The third kappa shape index (κ3) is 7.90. The third-order valence-corrected chi connectivity index (χ3v) is 6.56. The van der Waals surface area contributed by atoms with Crippen molar-refractivity contribution < 1.29 is 4.79 Å². The van der Waals surface area contributed by atoms with E-state index in [-0.39, 0.29) is 5.91 Å². The molecule has 0 bridgehead atoms. The molecule has 0 aliphatic carbocycles. The zero-order chi connectivity index (χ0) is 24.3. The van der Waals surface area contributed by atoms with E-state index in [1.165, 1.54) is 17.0 Å². The topological polar surface area (TPSA) is 72.9 Å². The summed E-state index contributed by atoms with van der Waals surface area (Å²) in [7, 11) is 2.15. The Morgan fingerprint density at radius 1 is 1.26 bits per heavy atom. The van der Waals surface area contributed by atoms with E-state index in [1.54, 1.807) is 0 Å². The normalized spacial score (nSPS) is 15.1. The lowest BCUT2D eigenvalue weighted by Crippen LogP contribution is -2.45. The summed E-state index contributed by atoms with van der Waals surface area (Å²) in [5.41, 5.74) is 4.56. The number of nitrogens with one attached hydrogen (secondary N) is 2. The number of carbonyl (C=O) groups is 1. The number of piperazine rings is 1. The average Bonchev–Trinajstić information content (AvgIpc) is 3.30. The second-order valence-corrected chi connectivity index (χ2v) is 9.44. The van der Waals surface area contributed by atoms with Crippen LogP contribution in [0.4, 0.5) is 5.69 Å². The molecule has 2 heterocycles. The van der Waals surface area contributed by atoms with Crippen molar-refractivity contribution >= 4 is 28.6 Å². The first kappa shape index (κ1) is 25.8. The molecule has 1 amide bonds. The molecule has 34 heavy (non-hydrogen) atoms. The zero-order valence-corrected chi connectivity index (χ0v) is 21.3. The third-order valence-electron chi connectivity index (χ3n) is 5.65. The van der Waals surface area contributed by atoms with Crippen LogP contribution in [0.2, 0.25) is 0 Å². The van der Waals surface area contributed by atoms with Gasteiger partial charge in [0.1, 0.15) is 5.69 Å². The number of likely N-dealkylation sites (N-methyl/N-ethyl adjacent to an activating group) is 1. The van der Waals surface area contributed by atoms with Gasteiger partial charge in [-0.25, -0.2) is 4.98 Å². The van der Waals surface area contributed by atoms with Gasteiger partial charge < -0.3 is 20.4 Å². The van der Waals surface area contributed by atoms with E-state index in [9.17, 15) is 4.79 Å². The maximum Gasteiger partial charge on any atom is 0.271 e. The highest BCUT2D eigenvalue weighted by Crippen LogP contribution is 2.22. The lowest BCUT2D eigenvalue weighted by atomic mass is 10.1. The molecule has 0 saturated carbocycles. The van der Waals surface area contributed by atoms with E-state index in [0.29, 0.717) is 18.8 Å². The van der Waals surface area contributed by atoms with Gasteiger partial charge in [-0.3, -0.25) is 9.79 Å². The number of allylic oxidation sites excluding steroid dienone is 2. The number of para-hydroxylation sites is 1. The first-order chi connectivity index (χ1) is 16.5. The van der Waals surface area contributed by atoms with Crippen molar-refractivity contribution in [3.05, 3.63) is 70.3 Å². The number of benzene rings is 1. The zero-order valence-electron chi connectivity index (χ0n) is 20.5. The predicted molar refractivity (Wildman–Crippen MR) is 143 cm³/mol. The Labute approximate surface area is 207 Å². The molecular weight excluding hydrogens is 444 g/mol. The van der Waals surface area contributed by atoms with Crippen molar-refractivity contribution in [2.75, 3.05) is 51.2 Å². The van der Waals surface area contributed by atoms with E-state index in [1.807, 2.05) is 37.4 Å². The molecule has 3 rings (SSSR count). The highest BCUT2D eigenvalue weighted by Gasteiger charge is 2.17. The summed E-state index contributed by atoms with van der Waals surface area (Å²) in [6, 6.07) is 8.32. The number of aliphatic imine (C=N–C) groups is 1. The van der Waals surface area contributed by atoms with Crippen molar-refractivity contribution in [3.8, 4) is 0 Å². The molecule has 182 valence electrons. The van der Waals surface area contributed by atoms with Gasteiger partial charge in [-0.05, 0) is 38.6 Å². The number of aromatic nitrogens is 1. The van der Waals surface area contributed by atoms with Crippen LogP contribution in [0.5, 0.6) is 0 Å². The Hall–Kier alpha value is -2.81. The molecule has 2 aromatic rings. The van der Waals surface area contributed by atoms with E-state index in [4.69, 9.17) is 0 Å². The van der Waals surface area contributed by atoms with Crippen LogP contribution in [-0.4, -0.2) is 67.8 Å². The van der Waals surface area contributed by atoms with Crippen molar-refractivity contribution in [2.24, 2.45) is 4.99 Å². The number of amides is 1. The highest BCUT2D eigenvalue weighted by atomic mass is 32.1. The van der Waals surface area contributed by atoms with Crippen LogP contribution < -0.4 is 15.5 Å². The fourth-order valence-electron chi connectivity index (χ4n) is 3.79. The summed E-state index contributed by atoms with van der Waals surface area (Å²) in [6.07, 6.45) is 4.58. The average molecular weight is 481 g/mol. The molecule has 1 aromatic carbocycles. The number of hydrogen-bond donors (Lipinski definition) is 2. The molecule has 0 atom stereocenters. The summed E-state index contributed by atoms with van der Waals surface area (Å²) >= 11 is 1.52. The Morgan fingerprint density at radius 2 is 2.03 bits per heavy atom. The van der Waals surface area contributed by atoms with E-state index in [0.717, 1.165) is 61.1 Å². The van der Waals surface area contributed by atoms with Gasteiger partial charge in [0.05, 0.1) is 10.7 Å². The van der Waals surface area contributed by atoms with Crippen LogP contribution in [0, 0.1) is 0 Å². The maximum absolute atomic E-state index is 12.7. The molecule has 0 spiro atoms. The van der Waals surface area contributed by atoms with Crippen LogP contribution >= 0.6 is 11.3 Å². The van der Waals surface area contributed by atoms with Crippen LogP contribution in [0.3, 0.4) is 0 Å². The molecule has 1 fully saturated rings. The van der Waals surface area contributed by atoms with Crippen LogP contribution in [-0.2, 0) is 13.0 Å². The van der Waals surface area contributed by atoms with E-state index in [2.05, 4.69) is 62.2 Å². The Kier molecular flexibility index (Phi) is 10.00. The molecule has 8 heteroatoms. The van der Waals surface area contributed by atoms with Crippen LogP contribution in [0.25, 0.3) is 0 Å². The quantitative estimate of drug-likeness (QED) is 0.293. The summed E-state index contributed by atoms with van der Waals surface area (Å²) in [5, 5.41) is 9.21. The van der Waals surface area contributed by atoms with Crippen molar-refractivity contribution in [1.82, 2.24) is 20.5 Å². The second-order valence-electron chi connectivity index (χ2n) is 8.49. The Balaban J connectivity index is 1.46. The van der Waals surface area contributed by atoms with Gasteiger partial charge in [0, 0.05) is 69.0 Å². The predicted octanol–water partition coefficient (Wildman–Crippen LogP) is 3.51. The number of anilines is 1. The second kappa shape index (κ2) is 13.2. The summed E-state index contributed by atoms with van der Waals surface area (Å²) < 4.78 is 0. The molecule has 2 N–H and O–H groups in total. The van der Waals surface area contributed by atoms with E-state index >= 15 is 0 Å². The lowest BCUT2D eigenvalue weighted by molar-refractivity contribution is 0.0946. The van der Waals surface area contributed by atoms with Gasteiger partial charge in [0.25, 0.3) is 5.91 Å². The monoisotopic (exact) mass is 480 g/mol. The van der Waals surface area contributed by atoms with Gasteiger partial charge in [0.15, 0.2) is 0 Å². The number of carbonyl (C=O) groups excluding carboxylic acids is 1. The Morgan fingerprint density at radius 3 is 2.79 bits per heavy atom. The van der Waals surface area contributed by atoms with E-state index < -0.39 is 0 Å². The molecule has 1 aromatic heterocycles. The van der Waals surface area contributed by atoms with Gasteiger partial charge in [0.2, 0.25) is 0 Å². The number of hydrogen-bond acceptors (Lipinski definition) is 7. The standard InChI is InChI=1S/C26H36N6OS/c1-5-8-20(2)29-21(3)17-27-12-11-25-30-23(19-34-25)26(33)28-18-22-9-6-7-10-24(22)32-15-13-31(4)14-16-32/h5-10,19,27H,2,11-18H2,1,3-4H3,(H,28,33)/b8-5-,29-21?. The smallest absolute Gasteiger partial charge is 0.271 e. The largest absolute Gasteiger partial charge is 0.369 e. The van der Waals surface area contributed by atoms with Crippen LogP contribution in [0.1, 0.15) is 34.9 Å². The van der Waals surface area contributed by atoms with Crippen molar-refractivity contribution in [1.29, 1.82) is 0 Å². The van der Waals surface area contributed by atoms with Gasteiger partial charge >= 0.3 is 0 Å².